The minimum atomic E-state index is -0.135. The fourth-order valence-electron chi connectivity index (χ4n) is 1.91. The Labute approximate surface area is 116 Å². The Morgan fingerprint density at radius 1 is 1.42 bits per heavy atom. The van der Waals surface area contributed by atoms with E-state index < -0.39 is 0 Å². The zero-order valence-electron chi connectivity index (χ0n) is 12.8. The molecule has 0 aromatic carbocycles. The molecule has 1 atom stereocenters. The largest absolute Gasteiger partial charge is 0.350 e. The van der Waals surface area contributed by atoms with Crippen molar-refractivity contribution in [3.05, 3.63) is 24.0 Å². The van der Waals surface area contributed by atoms with Crippen molar-refractivity contribution >= 4 is 5.91 Å². The molecule has 2 N–H and O–H groups in total. The van der Waals surface area contributed by atoms with Gasteiger partial charge in [-0.25, -0.2) is 0 Å². The third-order valence-corrected chi connectivity index (χ3v) is 3.47. The van der Waals surface area contributed by atoms with Crippen LogP contribution in [0, 0.1) is 0 Å². The van der Waals surface area contributed by atoms with Crippen LogP contribution in [0.15, 0.2) is 18.5 Å². The molecule has 4 nitrogen and oxygen atoms in total. The number of rotatable bonds is 7. The molecule has 0 spiro atoms. The second-order valence-corrected chi connectivity index (χ2v) is 5.68. The van der Waals surface area contributed by atoms with E-state index in [4.69, 9.17) is 0 Å². The molecule has 1 unspecified atom stereocenters. The first-order chi connectivity index (χ1) is 8.88. The van der Waals surface area contributed by atoms with E-state index in [1.807, 2.05) is 30.8 Å². The molecule has 1 amide bonds. The van der Waals surface area contributed by atoms with Crippen molar-refractivity contribution in [2.45, 2.75) is 59.2 Å². The summed E-state index contributed by atoms with van der Waals surface area (Å²) in [5, 5.41) is 6.40. The lowest BCUT2D eigenvalue weighted by atomic mass is 10.0. The summed E-state index contributed by atoms with van der Waals surface area (Å²) in [7, 11) is 0. The third-order valence-electron chi connectivity index (χ3n) is 3.47. The summed E-state index contributed by atoms with van der Waals surface area (Å²) in [6, 6.07) is 2.38. The zero-order valence-corrected chi connectivity index (χ0v) is 12.8. The Bertz CT molecular complexity index is 409. The highest BCUT2D eigenvalue weighted by Gasteiger charge is 2.17. The van der Waals surface area contributed by atoms with E-state index in [9.17, 15) is 4.79 Å². The summed E-state index contributed by atoms with van der Waals surface area (Å²) < 4.78 is 1.93. The van der Waals surface area contributed by atoms with E-state index in [-0.39, 0.29) is 11.4 Å². The van der Waals surface area contributed by atoms with Gasteiger partial charge in [-0.15, -0.1) is 0 Å². The minimum Gasteiger partial charge on any atom is -0.350 e. The maximum atomic E-state index is 11.9. The molecule has 0 aliphatic heterocycles. The standard InChI is InChI=1S/C15H27N3O/c1-6-15(4,5)17-14(19)11-18-9-8-13(10-18)12(3)16-7-2/h8-10,12,16H,6-7,11H2,1-5H3,(H,17,19). The van der Waals surface area contributed by atoms with E-state index in [1.165, 1.54) is 5.56 Å². The van der Waals surface area contributed by atoms with E-state index in [0.717, 1.165) is 13.0 Å². The SMILES string of the molecule is CCNC(C)c1ccn(CC(=O)NC(C)(C)CC)c1. The number of carbonyl (C=O) groups is 1. The predicted octanol–water partition coefficient (Wildman–Crippen LogP) is 2.46. The number of nitrogens with zero attached hydrogens (tertiary/aromatic N) is 1. The molecule has 1 rings (SSSR count). The molecular formula is C15H27N3O. The fraction of sp³-hybridized carbons (Fsp3) is 0.667. The predicted molar refractivity (Wildman–Crippen MR) is 79.0 cm³/mol. The Morgan fingerprint density at radius 3 is 2.68 bits per heavy atom. The first-order valence-corrected chi connectivity index (χ1v) is 7.08. The van der Waals surface area contributed by atoms with Crippen LogP contribution in [0.25, 0.3) is 0 Å². The normalized spacial score (nSPS) is 13.3. The number of hydrogen-bond donors (Lipinski definition) is 2. The van der Waals surface area contributed by atoms with E-state index >= 15 is 0 Å². The zero-order chi connectivity index (χ0) is 14.5. The summed E-state index contributed by atoms with van der Waals surface area (Å²) >= 11 is 0. The molecule has 108 valence electrons. The lowest BCUT2D eigenvalue weighted by Gasteiger charge is -2.24. The maximum Gasteiger partial charge on any atom is 0.240 e. The van der Waals surface area contributed by atoms with Gasteiger partial charge in [0.15, 0.2) is 0 Å². The van der Waals surface area contributed by atoms with Gasteiger partial charge in [-0.3, -0.25) is 4.79 Å². The number of hydrogen-bond acceptors (Lipinski definition) is 2. The number of amides is 1. The molecule has 0 bridgehead atoms. The van der Waals surface area contributed by atoms with E-state index in [0.29, 0.717) is 12.6 Å². The molecule has 0 aliphatic rings. The molecule has 0 radical (unpaired) electrons. The van der Waals surface area contributed by atoms with Gasteiger partial charge in [-0.05, 0) is 45.4 Å². The first-order valence-electron chi connectivity index (χ1n) is 7.08. The van der Waals surface area contributed by atoms with Crippen molar-refractivity contribution in [2.24, 2.45) is 0 Å². The van der Waals surface area contributed by atoms with Crippen molar-refractivity contribution in [1.29, 1.82) is 0 Å². The Balaban J connectivity index is 2.56. The Hall–Kier alpha value is -1.29. The van der Waals surface area contributed by atoms with Crippen LogP contribution in [0.1, 0.15) is 52.6 Å². The molecule has 0 saturated carbocycles. The smallest absolute Gasteiger partial charge is 0.240 e. The van der Waals surface area contributed by atoms with Crippen LogP contribution in [0.5, 0.6) is 0 Å². The molecule has 0 fully saturated rings. The van der Waals surface area contributed by atoms with Gasteiger partial charge < -0.3 is 15.2 Å². The molecule has 1 aromatic heterocycles. The highest BCUT2D eigenvalue weighted by Crippen LogP contribution is 2.12. The number of nitrogens with one attached hydrogen (secondary N) is 2. The van der Waals surface area contributed by atoms with Crippen LogP contribution in [-0.4, -0.2) is 22.6 Å². The molecule has 0 aliphatic carbocycles. The minimum absolute atomic E-state index is 0.0603. The molecule has 4 heteroatoms. The number of aromatic nitrogens is 1. The third kappa shape index (κ3) is 5.07. The molecule has 1 heterocycles. The second-order valence-electron chi connectivity index (χ2n) is 5.68. The topological polar surface area (TPSA) is 46.1 Å². The molecule has 19 heavy (non-hydrogen) atoms. The van der Waals surface area contributed by atoms with Crippen LogP contribution in [0.2, 0.25) is 0 Å². The van der Waals surface area contributed by atoms with Gasteiger partial charge in [0, 0.05) is 24.0 Å². The first kappa shape index (κ1) is 15.8. The van der Waals surface area contributed by atoms with Gasteiger partial charge in [0.1, 0.15) is 6.54 Å². The van der Waals surface area contributed by atoms with Crippen molar-refractivity contribution in [3.63, 3.8) is 0 Å². The summed E-state index contributed by atoms with van der Waals surface area (Å²) in [5.74, 6) is 0.0603. The monoisotopic (exact) mass is 265 g/mol. The average Bonchev–Trinajstić information content (AvgIpc) is 2.77. The maximum absolute atomic E-state index is 11.9. The van der Waals surface area contributed by atoms with Crippen molar-refractivity contribution in [2.75, 3.05) is 6.54 Å². The summed E-state index contributed by atoms with van der Waals surface area (Å²) in [6.07, 6.45) is 4.92. The summed E-state index contributed by atoms with van der Waals surface area (Å²) in [5.41, 5.74) is 1.08. The summed E-state index contributed by atoms with van der Waals surface area (Å²) in [4.78, 5) is 11.9. The second kappa shape index (κ2) is 6.75. The molecular weight excluding hydrogens is 238 g/mol. The van der Waals surface area contributed by atoms with Gasteiger partial charge in [-0.1, -0.05) is 13.8 Å². The van der Waals surface area contributed by atoms with Gasteiger partial charge in [0.25, 0.3) is 0 Å². The van der Waals surface area contributed by atoms with Crippen LogP contribution >= 0.6 is 0 Å². The van der Waals surface area contributed by atoms with Gasteiger partial charge in [0.05, 0.1) is 0 Å². The molecule has 1 aromatic rings. The quantitative estimate of drug-likeness (QED) is 0.795. The van der Waals surface area contributed by atoms with E-state index in [1.54, 1.807) is 0 Å². The van der Waals surface area contributed by atoms with Crippen LogP contribution in [0.4, 0.5) is 0 Å². The van der Waals surface area contributed by atoms with Crippen LogP contribution in [-0.2, 0) is 11.3 Å². The number of carbonyl (C=O) groups excluding carboxylic acids is 1. The average molecular weight is 265 g/mol. The highest BCUT2D eigenvalue weighted by atomic mass is 16.2. The van der Waals surface area contributed by atoms with Crippen molar-refractivity contribution in [1.82, 2.24) is 15.2 Å². The van der Waals surface area contributed by atoms with Crippen LogP contribution < -0.4 is 10.6 Å². The Morgan fingerprint density at radius 2 is 2.11 bits per heavy atom. The van der Waals surface area contributed by atoms with E-state index in [2.05, 4.69) is 37.5 Å². The lowest BCUT2D eigenvalue weighted by molar-refractivity contribution is -0.123. The van der Waals surface area contributed by atoms with Crippen molar-refractivity contribution < 1.29 is 4.79 Å². The van der Waals surface area contributed by atoms with Crippen molar-refractivity contribution in [3.8, 4) is 0 Å². The van der Waals surface area contributed by atoms with Crippen LogP contribution in [0.3, 0.4) is 0 Å². The molecule has 0 saturated heterocycles. The van der Waals surface area contributed by atoms with Gasteiger partial charge in [-0.2, -0.15) is 0 Å². The fourth-order valence-corrected chi connectivity index (χ4v) is 1.91. The lowest BCUT2D eigenvalue weighted by Crippen LogP contribution is -2.44. The Kier molecular flexibility index (Phi) is 5.60. The highest BCUT2D eigenvalue weighted by molar-refractivity contribution is 5.76. The van der Waals surface area contributed by atoms with Gasteiger partial charge >= 0.3 is 0 Å². The summed E-state index contributed by atoms with van der Waals surface area (Å²) in [6.45, 7) is 11.7. The van der Waals surface area contributed by atoms with Gasteiger partial charge in [0.2, 0.25) is 5.91 Å².